The lowest BCUT2D eigenvalue weighted by Gasteiger charge is -2.22. The van der Waals surface area contributed by atoms with E-state index in [4.69, 9.17) is 0 Å². The number of hydrogen-bond donors (Lipinski definition) is 2. The maximum Gasteiger partial charge on any atom is 0.251 e. The van der Waals surface area contributed by atoms with Gasteiger partial charge in [0.25, 0.3) is 5.91 Å². The van der Waals surface area contributed by atoms with E-state index < -0.39 is 6.04 Å². The summed E-state index contributed by atoms with van der Waals surface area (Å²) >= 11 is 0. The van der Waals surface area contributed by atoms with Crippen LogP contribution in [0, 0.1) is 12.7 Å². The van der Waals surface area contributed by atoms with Gasteiger partial charge in [-0.1, -0.05) is 18.2 Å². The molecule has 1 aliphatic heterocycles. The van der Waals surface area contributed by atoms with Gasteiger partial charge >= 0.3 is 0 Å². The van der Waals surface area contributed by atoms with Gasteiger partial charge in [-0.25, -0.2) is 4.39 Å². The number of nitrogens with one attached hydrogen (secondary N) is 2. The van der Waals surface area contributed by atoms with E-state index in [2.05, 4.69) is 10.6 Å². The Balaban J connectivity index is 1.83. The number of piperidine rings is 1. The minimum absolute atomic E-state index is 0.147. The lowest BCUT2D eigenvalue weighted by molar-refractivity contribution is -0.124. The van der Waals surface area contributed by atoms with Crippen molar-refractivity contribution in [2.24, 2.45) is 0 Å². The monoisotopic (exact) mass is 326 g/mol. The van der Waals surface area contributed by atoms with Crippen molar-refractivity contribution in [1.29, 1.82) is 0 Å². The molecular formula is C19H19FN2O2. The smallest absolute Gasteiger partial charge is 0.251 e. The Morgan fingerprint density at radius 3 is 2.88 bits per heavy atom. The zero-order chi connectivity index (χ0) is 17.1. The number of aryl methyl sites for hydroxylation is 1. The van der Waals surface area contributed by atoms with Crippen molar-refractivity contribution in [2.75, 3.05) is 6.54 Å². The van der Waals surface area contributed by atoms with E-state index in [1.807, 2.05) is 13.0 Å². The molecule has 0 bridgehead atoms. The number of carbonyl (C=O) groups is 2. The van der Waals surface area contributed by atoms with Crippen LogP contribution in [0.25, 0.3) is 11.1 Å². The van der Waals surface area contributed by atoms with E-state index in [-0.39, 0.29) is 17.6 Å². The largest absolute Gasteiger partial charge is 0.354 e. The lowest BCUT2D eigenvalue weighted by Crippen LogP contribution is -2.50. The third-order valence-electron chi connectivity index (χ3n) is 4.23. The van der Waals surface area contributed by atoms with Crippen LogP contribution in [0.4, 0.5) is 4.39 Å². The molecule has 0 radical (unpaired) electrons. The van der Waals surface area contributed by atoms with E-state index in [0.717, 1.165) is 23.1 Å². The minimum atomic E-state index is -0.495. The summed E-state index contributed by atoms with van der Waals surface area (Å²) in [5.74, 6) is -0.760. The second-order valence-corrected chi connectivity index (χ2v) is 6.00. The van der Waals surface area contributed by atoms with Crippen LogP contribution in [-0.4, -0.2) is 24.4 Å². The Morgan fingerprint density at radius 1 is 1.25 bits per heavy atom. The molecular weight excluding hydrogens is 307 g/mol. The van der Waals surface area contributed by atoms with E-state index in [0.29, 0.717) is 18.5 Å². The molecule has 24 heavy (non-hydrogen) atoms. The van der Waals surface area contributed by atoms with Crippen LogP contribution in [0.2, 0.25) is 0 Å². The Kier molecular flexibility index (Phi) is 4.60. The van der Waals surface area contributed by atoms with E-state index in [1.54, 1.807) is 24.3 Å². The van der Waals surface area contributed by atoms with Crippen LogP contribution in [0.5, 0.6) is 0 Å². The summed E-state index contributed by atoms with van der Waals surface area (Å²) in [5, 5.41) is 5.51. The highest BCUT2D eigenvalue weighted by Crippen LogP contribution is 2.25. The van der Waals surface area contributed by atoms with Crippen molar-refractivity contribution >= 4 is 11.8 Å². The molecule has 1 aliphatic rings. The highest BCUT2D eigenvalue weighted by Gasteiger charge is 2.24. The summed E-state index contributed by atoms with van der Waals surface area (Å²) < 4.78 is 13.5. The molecule has 1 fully saturated rings. The maximum atomic E-state index is 13.5. The standard InChI is InChI=1S/C19H19FN2O2/c1-12-7-8-15(20)11-16(12)13-4-2-5-14(10-13)18(23)22-17-6-3-9-21-19(17)24/h2,4-5,7-8,10-11,17H,3,6,9H2,1H3,(H,21,24)(H,22,23)/t17-/m1/s1. The molecule has 4 nitrogen and oxygen atoms in total. The summed E-state index contributed by atoms with van der Waals surface area (Å²) in [5.41, 5.74) is 2.91. The number of hydrogen-bond acceptors (Lipinski definition) is 2. The SMILES string of the molecule is Cc1ccc(F)cc1-c1cccc(C(=O)N[C@@H]2CCCNC2=O)c1. The number of halogens is 1. The number of rotatable bonds is 3. The van der Waals surface area contributed by atoms with Gasteiger partial charge in [-0.2, -0.15) is 0 Å². The molecule has 5 heteroatoms. The zero-order valence-electron chi connectivity index (χ0n) is 13.4. The van der Waals surface area contributed by atoms with Gasteiger partial charge in [-0.15, -0.1) is 0 Å². The first-order valence-electron chi connectivity index (χ1n) is 8.00. The number of carbonyl (C=O) groups excluding carboxylic acids is 2. The Labute approximate surface area is 140 Å². The average molecular weight is 326 g/mol. The Hall–Kier alpha value is -2.69. The van der Waals surface area contributed by atoms with Gasteiger partial charge in [-0.05, 0) is 60.7 Å². The second-order valence-electron chi connectivity index (χ2n) is 6.00. The van der Waals surface area contributed by atoms with Crippen LogP contribution in [-0.2, 0) is 4.79 Å². The van der Waals surface area contributed by atoms with Crippen molar-refractivity contribution in [3.05, 3.63) is 59.4 Å². The fourth-order valence-electron chi connectivity index (χ4n) is 2.88. The van der Waals surface area contributed by atoms with Crippen molar-refractivity contribution in [3.63, 3.8) is 0 Å². The normalized spacial score (nSPS) is 17.2. The first-order valence-corrected chi connectivity index (χ1v) is 8.00. The van der Waals surface area contributed by atoms with E-state index in [9.17, 15) is 14.0 Å². The molecule has 1 heterocycles. The van der Waals surface area contributed by atoms with Gasteiger partial charge in [0.05, 0.1) is 0 Å². The van der Waals surface area contributed by atoms with E-state index >= 15 is 0 Å². The maximum absolute atomic E-state index is 13.5. The highest BCUT2D eigenvalue weighted by molar-refractivity contribution is 5.98. The molecule has 0 unspecified atom stereocenters. The molecule has 2 N–H and O–H groups in total. The van der Waals surface area contributed by atoms with Gasteiger partial charge in [-0.3, -0.25) is 9.59 Å². The quantitative estimate of drug-likeness (QED) is 0.911. The number of benzene rings is 2. The van der Waals surface area contributed by atoms with Crippen molar-refractivity contribution in [1.82, 2.24) is 10.6 Å². The van der Waals surface area contributed by atoms with Crippen molar-refractivity contribution in [3.8, 4) is 11.1 Å². The van der Waals surface area contributed by atoms with Gasteiger partial charge in [0, 0.05) is 12.1 Å². The molecule has 1 saturated heterocycles. The summed E-state index contributed by atoms with van der Waals surface area (Å²) in [6.07, 6.45) is 1.49. The van der Waals surface area contributed by atoms with Crippen LogP contribution >= 0.6 is 0 Å². The summed E-state index contributed by atoms with van der Waals surface area (Å²) in [6.45, 7) is 2.55. The molecule has 0 spiro atoms. The van der Waals surface area contributed by atoms with Crippen molar-refractivity contribution < 1.29 is 14.0 Å². The van der Waals surface area contributed by atoms with E-state index in [1.165, 1.54) is 12.1 Å². The molecule has 124 valence electrons. The van der Waals surface area contributed by atoms with Crippen LogP contribution in [0.15, 0.2) is 42.5 Å². The molecule has 1 atom stereocenters. The molecule has 0 aromatic heterocycles. The topological polar surface area (TPSA) is 58.2 Å². The predicted octanol–water partition coefficient (Wildman–Crippen LogP) is 2.81. The van der Waals surface area contributed by atoms with Crippen molar-refractivity contribution in [2.45, 2.75) is 25.8 Å². The number of amides is 2. The summed E-state index contributed by atoms with van der Waals surface area (Å²) in [6, 6.07) is 11.1. The average Bonchev–Trinajstić information content (AvgIpc) is 2.59. The van der Waals surface area contributed by atoms with Gasteiger partial charge in [0.15, 0.2) is 0 Å². The molecule has 2 aromatic rings. The third kappa shape index (κ3) is 3.45. The lowest BCUT2D eigenvalue weighted by atomic mass is 9.98. The molecule has 0 saturated carbocycles. The fourth-order valence-corrected chi connectivity index (χ4v) is 2.88. The third-order valence-corrected chi connectivity index (χ3v) is 4.23. The van der Waals surface area contributed by atoms with Gasteiger partial charge < -0.3 is 10.6 Å². The van der Waals surface area contributed by atoms with Gasteiger partial charge in [0.1, 0.15) is 11.9 Å². The first-order chi connectivity index (χ1) is 11.5. The fraction of sp³-hybridized carbons (Fsp3) is 0.263. The summed E-state index contributed by atoms with van der Waals surface area (Å²) in [4.78, 5) is 24.2. The van der Waals surface area contributed by atoms with Crippen LogP contribution in [0.3, 0.4) is 0 Å². The highest BCUT2D eigenvalue weighted by atomic mass is 19.1. The molecule has 0 aliphatic carbocycles. The molecule has 2 aromatic carbocycles. The Bertz CT molecular complexity index is 789. The first kappa shape index (κ1) is 16.2. The summed E-state index contributed by atoms with van der Waals surface area (Å²) in [7, 11) is 0. The Morgan fingerprint density at radius 2 is 2.08 bits per heavy atom. The predicted molar refractivity (Wildman–Crippen MR) is 90.1 cm³/mol. The molecule has 2 amide bonds. The van der Waals surface area contributed by atoms with Gasteiger partial charge in [0.2, 0.25) is 5.91 Å². The second kappa shape index (κ2) is 6.83. The van der Waals surface area contributed by atoms with Crippen LogP contribution in [0.1, 0.15) is 28.8 Å². The minimum Gasteiger partial charge on any atom is -0.354 e. The zero-order valence-corrected chi connectivity index (χ0v) is 13.4. The van der Waals surface area contributed by atoms with Crippen LogP contribution < -0.4 is 10.6 Å². The molecule has 3 rings (SSSR count).